The van der Waals surface area contributed by atoms with Gasteiger partial charge < -0.3 is 5.11 Å². The minimum absolute atomic E-state index is 0.125. The summed E-state index contributed by atoms with van der Waals surface area (Å²) >= 11 is 1.50. The van der Waals surface area contributed by atoms with Gasteiger partial charge in [-0.1, -0.05) is 0 Å². The molecule has 0 aromatic carbocycles. The van der Waals surface area contributed by atoms with Gasteiger partial charge in [-0.3, -0.25) is 4.90 Å². The minimum atomic E-state index is -0.225. The molecule has 1 aromatic heterocycles. The van der Waals surface area contributed by atoms with Crippen molar-refractivity contribution in [1.82, 2.24) is 4.90 Å². The van der Waals surface area contributed by atoms with Crippen LogP contribution in [-0.2, 0) is 6.54 Å². The second-order valence-electron chi connectivity index (χ2n) is 4.20. The molecule has 4 heteroatoms. The Kier molecular flexibility index (Phi) is 3.86. The molecule has 15 heavy (non-hydrogen) atoms. The van der Waals surface area contributed by atoms with Crippen molar-refractivity contribution in [2.45, 2.75) is 25.9 Å². The predicted molar refractivity (Wildman–Crippen MR) is 61.7 cm³/mol. The molecular formula is C11H16N2OS. The quantitative estimate of drug-likeness (QED) is 0.848. The van der Waals surface area contributed by atoms with E-state index in [1.807, 2.05) is 33.0 Å². The molecule has 0 aliphatic heterocycles. The van der Waals surface area contributed by atoms with Gasteiger partial charge in [0.15, 0.2) is 0 Å². The Bertz CT molecular complexity index is 365. The summed E-state index contributed by atoms with van der Waals surface area (Å²) in [6.45, 7) is 4.87. The summed E-state index contributed by atoms with van der Waals surface area (Å²) in [7, 11) is 1.97. The number of rotatable bonds is 4. The van der Waals surface area contributed by atoms with E-state index in [2.05, 4.69) is 11.0 Å². The Morgan fingerprint density at radius 2 is 2.20 bits per heavy atom. The zero-order valence-corrected chi connectivity index (χ0v) is 10.1. The molecule has 1 rings (SSSR count). The van der Waals surface area contributed by atoms with Gasteiger partial charge in [0.25, 0.3) is 0 Å². The van der Waals surface area contributed by atoms with E-state index >= 15 is 0 Å². The van der Waals surface area contributed by atoms with Crippen molar-refractivity contribution in [1.29, 1.82) is 5.26 Å². The summed E-state index contributed by atoms with van der Waals surface area (Å²) in [5.41, 5.74) is -0.225. The topological polar surface area (TPSA) is 47.3 Å². The first kappa shape index (κ1) is 12.2. The van der Waals surface area contributed by atoms with E-state index in [1.165, 1.54) is 11.3 Å². The lowest BCUT2D eigenvalue weighted by atomic mass is 10.1. The minimum Gasteiger partial charge on any atom is -0.394 e. The van der Waals surface area contributed by atoms with Crippen LogP contribution in [0.2, 0.25) is 0 Å². The molecule has 0 saturated heterocycles. The molecule has 1 aromatic rings. The Morgan fingerprint density at radius 1 is 1.53 bits per heavy atom. The van der Waals surface area contributed by atoms with Crippen molar-refractivity contribution in [3.63, 3.8) is 0 Å². The van der Waals surface area contributed by atoms with Gasteiger partial charge in [0.1, 0.15) is 10.9 Å². The molecule has 0 aliphatic carbocycles. The Labute approximate surface area is 94.6 Å². The summed E-state index contributed by atoms with van der Waals surface area (Å²) in [6, 6.07) is 5.92. The zero-order valence-electron chi connectivity index (χ0n) is 9.32. The lowest BCUT2D eigenvalue weighted by Gasteiger charge is -2.33. The first-order chi connectivity index (χ1) is 6.99. The summed E-state index contributed by atoms with van der Waals surface area (Å²) < 4.78 is 0. The van der Waals surface area contributed by atoms with Crippen LogP contribution in [0.5, 0.6) is 0 Å². The van der Waals surface area contributed by atoms with Crippen LogP contribution < -0.4 is 0 Å². The number of aliphatic hydroxyl groups is 1. The largest absolute Gasteiger partial charge is 0.394 e. The molecule has 82 valence electrons. The molecule has 0 amide bonds. The monoisotopic (exact) mass is 224 g/mol. The van der Waals surface area contributed by atoms with Gasteiger partial charge in [-0.05, 0) is 33.0 Å². The maximum atomic E-state index is 9.20. The van der Waals surface area contributed by atoms with Crippen LogP contribution in [0.25, 0.3) is 0 Å². The van der Waals surface area contributed by atoms with Crippen molar-refractivity contribution in [3.05, 3.63) is 21.9 Å². The molecule has 0 fully saturated rings. The van der Waals surface area contributed by atoms with Crippen molar-refractivity contribution in [2.24, 2.45) is 0 Å². The van der Waals surface area contributed by atoms with E-state index in [4.69, 9.17) is 5.26 Å². The van der Waals surface area contributed by atoms with E-state index in [1.54, 1.807) is 0 Å². The third kappa shape index (κ3) is 3.03. The van der Waals surface area contributed by atoms with E-state index < -0.39 is 0 Å². The summed E-state index contributed by atoms with van der Waals surface area (Å²) in [6.07, 6.45) is 0. The van der Waals surface area contributed by atoms with Crippen LogP contribution in [0.15, 0.2) is 12.1 Å². The lowest BCUT2D eigenvalue weighted by molar-refractivity contribution is 0.0741. The van der Waals surface area contributed by atoms with E-state index in [9.17, 15) is 5.11 Å². The molecule has 0 spiro atoms. The van der Waals surface area contributed by atoms with Gasteiger partial charge in [0, 0.05) is 17.0 Å². The normalized spacial score (nSPS) is 11.7. The van der Waals surface area contributed by atoms with Crippen LogP contribution in [0.3, 0.4) is 0 Å². The summed E-state index contributed by atoms with van der Waals surface area (Å²) in [5.74, 6) is 0. The molecular weight excluding hydrogens is 208 g/mol. The number of hydrogen-bond donors (Lipinski definition) is 1. The van der Waals surface area contributed by atoms with Gasteiger partial charge in [-0.25, -0.2) is 0 Å². The molecule has 0 saturated carbocycles. The van der Waals surface area contributed by atoms with Crippen LogP contribution >= 0.6 is 11.3 Å². The highest BCUT2D eigenvalue weighted by Crippen LogP contribution is 2.20. The average molecular weight is 224 g/mol. The van der Waals surface area contributed by atoms with Crippen molar-refractivity contribution in [2.75, 3.05) is 13.7 Å². The predicted octanol–water partition coefficient (Wildman–Crippen LogP) is 1.82. The molecule has 0 bridgehead atoms. The maximum absolute atomic E-state index is 9.20. The number of hydrogen-bond acceptors (Lipinski definition) is 4. The van der Waals surface area contributed by atoms with Gasteiger partial charge in [0.05, 0.1) is 6.61 Å². The highest BCUT2D eigenvalue weighted by molar-refractivity contribution is 7.12. The standard InChI is InChI=1S/C11H16N2OS/c1-11(2,8-14)13(3)7-10-5-4-9(6-12)15-10/h4-5,14H,7-8H2,1-3H3. The molecule has 1 heterocycles. The highest BCUT2D eigenvalue weighted by Gasteiger charge is 2.22. The van der Waals surface area contributed by atoms with E-state index in [0.29, 0.717) is 0 Å². The Balaban J connectivity index is 2.67. The third-order valence-electron chi connectivity index (χ3n) is 2.59. The first-order valence-electron chi connectivity index (χ1n) is 4.80. The van der Waals surface area contributed by atoms with Gasteiger partial charge >= 0.3 is 0 Å². The number of thiophene rings is 1. The SMILES string of the molecule is CN(Cc1ccc(C#N)s1)C(C)(C)CO. The maximum Gasteiger partial charge on any atom is 0.110 e. The molecule has 0 atom stereocenters. The number of nitrogens with zero attached hydrogens (tertiary/aromatic N) is 2. The first-order valence-corrected chi connectivity index (χ1v) is 5.62. The summed E-state index contributed by atoms with van der Waals surface area (Å²) in [5, 5.41) is 17.9. The molecule has 0 radical (unpaired) electrons. The number of aliphatic hydroxyl groups excluding tert-OH is 1. The molecule has 1 N–H and O–H groups in total. The molecule has 0 aliphatic rings. The summed E-state index contributed by atoms with van der Waals surface area (Å²) in [4.78, 5) is 3.97. The Hall–Kier alpha value is -0.890. The van der Waals surface area contributed by atoms with Gasteiger partial charge in [-0.2, -0.15) is 5.26 Å². The van der Waals surface area contributed by atoms with E-state index in [-0.39, 0.29) is 12.1 Å². The van der Waals surface area contributed by atoms with Gasteiger partial charge in [0.2, 0.25) is 0 Å². The van der Waals surface area contributed by atoms with Crippen molar-refractivity contribution < 1.29 is 5.11 Å². The van der Waals surface area contributed by atoms with Crippen molar-refractivity contribution in [3.8, 4) is 6.07 Å². The van der Waals surface area contributed by atoms with Crippen LogP contribution in [-0.4, -0.2) is 29.2 Å². The van der Waals surface area contributed by atoms with Crippen molar-refractivity contribution >= 4 is 11.3 Å². The smallest absolute Gasteiger partial charge is 0.110 e. The van der Waals surface area contributed by atoms with Crippen LogP contribution in [0.1, 0.15) is 23.6 Å². The fourth-order valence-electron chi connectivity index (χ4n) is 1.09. The Morgan fingerprint density at radius 3 is 2.67 bits per heavy atom. The second-order valence-corrected chi connectivity index (χ2v) is 5.37. The fraction of sp³-hybridized carbons (Fsp3) is 0.545. The van der Waals surface area contributed by atoms with Crippen LogP contribution in [0.4, 0.5) is 0 Å². The van der Waals surface area contributed by atoms with Gasteiger partial charge in [-0.15, -0.1) is 11.3 Å². The fourth-order valence-corrected chi connectivity index (χ4v) is 1.95. The number of nitriles is 1. The van der Waals surface area contributed by atoms with E-state index in [0.717, 1.165) is 16.3 Å². The molecule has 3 nitrogen and oxygen atoms in total. The van der Waals surface area contributed by atoms with Crippen LogP contribution in [0, 0.1) is 11.3 Å². The average Bonchev–Trinajstić information content (AvgIpc) is 2.65. The lowest BCUT2D eigenvalue weighted by Crippen LogP contribution is -2.43. The highest BCUT2D eigenvalue weighted by atomic mass is 32.1. The molecule has 0 unspecified atom stereocenters. The zero-order chi connectivity index (χ0) is 11.5. The second kappa shape index (κ2) is 4.75. The third-order valence-corrected chi connectivity index (χ3v) is 3.56. The number of likely N-dealkylation sites (N-methyl/N-ethyl adjacent to an activating group) is 1.